The van der Waals surface area contributed by atoms with Crippen molar-refractivity contribution in [2.24, 2.45) is 0 Å². The summed E-state index contributed by atoms with van der Waals surface area (Å²) in [5.74, 6) is 0.929. The molecule has 0 spiro atoms. The van der Waals surface area contributed by atoms with E-state index in [2.05, 4.69) is 49.8 Å². The molecule has 0 bridgehead atoms. The molecule has 1 fully saturated rings. The number of rotatable bonds is 5. The number of nitrogens with one attached hydrogen (secondary N) is 1. The van der Waals surface area contributed by atoms with Crippen molar-refractivity contribution in [3.05, 3.63) is 47.6 Å². The fourth-order valence-electron chi connectivity index (χ4n) is 3.07. The van der Waals surface area contributed by atoms with Crippen LogP contribution in [0.5, 0.6) is 0 Å². The lowest BCUT2D eigenvalue weighted by Gasteiger charge is -2.30. The van der Waals surface area contributed by atoms with E-state index < -0.39 is 0 Å². The zero-order valence-electron chi connectivity index (χ0n) is 13.4. The summed E-state index contributed by atoms with van der Waals surface area (Å²) in [4.78, 5) is 11.1. The highest BCUT2D eigenvalue weighted by Crippen LogP contribution is 2.25. The van der Waals surface area contributed by atoms with Crippen LogP contribution >= 0.6 is 11.3 Å². The first-order chi connectivity index (χ1) is 11.9. The maximum Gasteiger partial charge on any atom is 0.147 e. The van der Waals surface area contributed by atoms with E-state index in [1.54, 1.807) is 17.7 Å². The Morgan fingerprint density at radius 2 is 2.00 bits per heavy atom. The van der Waals surface area contributed by atoms with E-state index in [0.717, 1.165) is 55.3 Å². The van der Waals surface area contributed by atoms with Crippen LogP contribution in [0.15, 0.2) is 42.0 Å². The van der Waals surface area contributed by atoms with Gasteiger partial charge < -0.3 is 15.0 Å². The normalized spacial score (nSPS) is 14.9. The number of ether oxygens (including phenoxy) is 1. The van der Waals surface area contributed by atoms with Crippen LogP contribution in [0.3, 0.4) is 0 Å². The Labute approximate surface area is 145 Å². The van der Waals surface area contributed by atoms with Gasteiger partial charge >= 0.3 is 0 Å². The summed E-state index contributed by atoms with van der Waals surface area (Å²) in [6.45, 7) is 4.40. The third-order valence-corrected chi connectivity index (χ3v) is 5.18. The Balaban J connectivity index is 1.45. The van der Waals surface area contributed by atoms with Gasteiger partial charge in [-0.25, -0.2) is 9.97 Å². The number of aromatic nitrogens is 2. The van der Waals surface area contributed by atoms with Gasteiger partial charge in [-0.05, 0) is 29.5 Å². The van der Waals surface area contributed by atoms with E-state index in [1.165, 1.54) is 11.3 Å². The van der Waals surface area contributed by atoms with Crippen LogP contribution in [-0.4, -0.2) is 42.8 Å². The lowest BCUT2D eigenvalue weighted by atomic mass is 10.1. The van der Waals surface area contributed by atoms with Gasteiger partial charge in [-0.3, -0.25) is 0 Å². The molecule has 1 N–H and O–H groups in total. The van der Waals surface area contributed by atoms with Gasteiger partial charge in [-0.1, -0.05) is 18.2 Å². The Kier molecular flexibility index (Phi) is 4.57. The lowest BCUT2D eigenvalue weighted by Crippen LogP contribution is -2.36. The predicted molar refractivity (Wildman–Crippen MR) is 99.1 cm³/mol. The molecular formula is C18H20N4OS. The van der Waals surface area contributed by atoms with Gasteiger partial charge in [0.1, 0.15) is 12.1 Å². The number of fused-ring (bicyclic) bond motifs is 1. The van der Waals surface area contributed by atoms with Crippen molar-refractivity contribution in [2.75, 3.05) is 43.1 Å². The van der Waals surface area contributed by atoms with E-state index in [4.69, 9.17) is 4.74 Å². The standard InChI is InChI=1S/C18H20N4OS/c1-2-4-16(22-8-10-23-11-9-22)14(3-1)5-7-19-18-17-15(6-12-24-17)20-13-21-18/h1-4,6,12-13H,5,7-11H2,(H,19,20,21). The van der Waals surface area contributed by atoms with Crippen molar-refractivity contribution in [3.8, 4) is 0 Å². The number of hydrogen-bond acceptors (Lipinski definition) is 6. The highest BCUT2D eigenvalue weighted by molar-refractivity contribution is 7.17. The van der Waals surface area contributed by atoms with Crippen LogP contribution in [0.2, 0.25) is 0 Å². The second-order valence-corrected chi connectivity index (χ2v) is 6.68. The molecule has 4 rings (SSSR count). The van der Waals surface area contributed by atoms with Gasteiger partial charge in [0, 0.05) is 25.3 Å². The van der Waals surface area contributed by atoms with Crippen LogP contribution in [-0.2, 0) is 11.2 Å². The number of nitrogens with zero attached hydrogens (tertiary/aromatic N) is 3. The Bertz CT molecular complexity index is 813. The highest BCUT2D eigenvalue weighted by atomic mass is 32.1. The number of benzene rings is 1. The third-order valence-electron chi connectivity index (χ3n) is 4.27. The summed E-state index contributed by atoms with van der Waals surface area (Å²) < 4.78 is 6.59. The molecule has 6 heteroatoms. The van der Waals surface area contributed by atoms with E-state index >= 15 is 0 Å². The van der Waals surface area contributed by atoms with Crippen LogP contribution < -0.4 is 10.2 Å². The predicted octanol–water partition coefficient (Wildman–Crippen LogP) is 3.18. The number of anilines is 2. The average molecular weight is 340 g/mol. The summed E-state index contributed by atoms with van der Waals surface area (Å²) in [6.07, 6.45) is 2.59. The van der Waals surface area contributed by atoms with Gasteiger partial charge in [0.2, 0.25) is 0 Å². The molecule has 1 aliphatic rings. The van der Waals surface area contributed by atoms with Gasteiger partial charge in [0.05, 0.1) is 23.4 Å². The molecular weight excluding hydrogens is 320 g/mol. The zero-order valence-corrected chi connectivity index (χ0v) is 14.3. The molecule has 2 aromatic heterocycles. The van der Waals surface area contributed by atoms with Crippen LogP contribution in [0, 0.1) is 0 Å². The van der Waals surface area contributed by atoms with Crippen molar-refractivity contribution in [3.63, 3.8) is 0 Å². The van der Waals surface area contributed by atoms with Gasteiger partial charge in [-0.15, -0.1) is 11.3 Å². The molecule has 0 atom stereocenters. The molecule has 1 saturated heterocycles. The fraction of sp³-hybridized carbons (Fsp3) is 0.333. The van der Waals surface area contributed by atoms with Crippen molar-refractivity contribution in [2.45, 2.75) is 6.42 Å². The lowest BCUT2D eigenvalue weighted by molar-refractivity contribution is 0.122. The molecule has 3 heterocycles. The molecule has 5 nitrogen and oxygen atoms in total. The Morgan fingerprint density at radius 3 is 2.92 bits per heavy atom. The second kappa shape index (κ2) is 7.15. The maximum absolute atomic E-state index is 5.47. The quantitative estimate of drug-likeness (QED) is 0.773. The fourth-order valence-corrected chi connectivity index (χ4v) is 3.88. The molecule has 0 saturated carbocycles. The molecule has 0 radical (unpaired) electrons. The molecule has 1 aromatic carbocycles. The Morgan fingerprint density at radius 1 is 1.12 bits per heavy atom. The Hall–Kier alpha value is -2.18. The minimum absolute atomic E-state index is 0.809. The average Bonchev–Trinajstić information content (AvgIpc) is 3.12. The van der Waals surface area contributed by atoms with Crippen LogP contribution in [0.25, 0.3) is 10.2 Å². The number of para-hydroxylation sites is 1. The smallest absolute Gasteiger partial charge is 0.147 e. The summed E-state index contributed by atoms with van der Waals surface area (Å²) in [6, 6.07) is 10.7. The molecule has 3 aromatic rings. The van der Waals surface area contributed by atoms with Gasteiger partial charge in [0.15, 0.2) is 0 Å². The minimum Gasteiger partial charge on any atom is -0.378 e. The van der Waals surface area contributed by atoms with Crippen LogP contribution in [0.4, 0.5) is 11.5 Å². The number of thiophene rings is 1. The second-order valence-electron chi connectivity index (χ2n) is 5.76. The first kappa shape index (κ1) is 15.4. The number of hydrogen-bond donors (Lipinski definition) is 1. The minimum atomic E-state index is 0.809. The maximum atomic E-state index is 5.47. The monoisotopic (exact) mass is 340 g/mol. The molecule has 1 aliphatic heterocycles. The van der Waals surface area contributed by atoms with E-state index in [1.807, 2.05) is 6.07 Å². The van der Waals surface area contributed by atoms with E-state index in [9.17, 15) is 0 Å². The third kappa shape index (κ3) is 3.20. The van der Waals surface area contributed by atoms with Gasteiger partial charge in [0.25, 0.3) is 0 Å². The van der Waals surface area contributed by atoms with Gasteiger partial charge in [-0.2, -0.15) is 0 Å². The van der Waals surface area contributed by atoms with Crippen molar-refractivity contribution in [1.29, 1.82) is 0 Å². The van der Waals surface area contributed by atoms with Crippen molar-refractivity contribution >= 4 is 33.1 Å². The van der Waals surface area contributed by atoms with Crippen LogP contribution in [0.1, 0.15) is 5.56 Å². The number of morpholine rings is 1. The van der Waals surface area contributed by atoms with E-state index in [0.29, 0.717) is 0 Å². The summed E-state index contributed by atoms with van der Waals surface area (Å²) in [7, 11) is 0. The SMILES string of the molecule is c1ccc(N2CCOCC2)c(CCNc2ncnc3ccsc23)c1. The highest BCUT2D eigenvalue weighted by Gasteiger charge is 2.14. The molecule has 0 unspecified atom stereocenters. The molecule has 0 amide bonds. The topological polar surface area (TPSA) is 50.3 Å². The summed E-state index contributed by atoms with van der Waals surface area (Å²) >= 11 is 1.68. The first-order valence-corrected chi connectivity index (χ1v) is 9.12. The molecule has 24 heavy (non-hydrogen) atoms. The van der Waals surface area contributed by atoms with Crippen molar-refractivity contribution in [1.82, 2.24) is 9.97 Å². The molecule has 124 valence electrons. The summed E-state index contributed by atoms with van der Waals surface area (Å²) in [5, 5.41) is 5.52. The van der Waals surface area contributed by atoms with E-state index in [-0.39, 0.29) is 0 Å². The summed E-state index contributed by atoms with van der Waals surface area (Å²) in [5.41, 5.74) is 3.70. The van der Waals surface area contributed by atoms with Crippen molar-refractivity contribution < 1.29 is 4.74 Å². The zero-order chi connectivity index (χ0) is 16.2. The first-order valence-electron chi connectivity index (χ1n) is 8.24. The largest absolute Gasteiger partial charge is 0.378 e. The molecule has 0 aliphatic carbocycles.